The molecule has 0 aromatic heterocycles. The lowest BCUT2D eigenvalue weighted by Crippen LogP contribution is -2.48. The maximum absolute atomic E-state index is 14.0. The van der Waals surface area contributed by atoms with Crippen molar-refractivity contribution in [2.24, 2.45) is 4.99 Å². The number of amidine groups is 1. The van der Waals surface area contributed by atoms with E-state index in [-0.39, 0.29) is 11.7 Å². The largest absolute Gasteiger partial charge is 0.366 e. The zero-order valence-electron chi connectivity index (χ0n) is 14.7. The van der Waals surface area contributed by atoms with Crippen molar-refractivity contribution in [2.45, 2.75) is 0 Å². The minimum atomic E-state index is -0.299. The summed E-state index contributed by atoms with van der Waals surface area (Å²) in [5.74, 6) is -0.520. The molecular weight excluding hydrogens is 420 g/mol. The molecule has 1 amide bonds. The molecule has 8 heteroatoms. The molecular formula is C20H16Cl2FN3OS. The highest BCUT2D eigenvalue weighted by atomic mass is 35.5. The molecule has 144 valence electrons. The Hall–Kier alpha value is -2.02. The number of para-hydroxylation sites is 1. The number of amides is 1. The molecule has 0 unspecified atom stereocenters. The lowest BCUT2D eigenvalue weighted by molar-refractivity contribution is -0.113. The Morgan fingerprint density at radius 1 is 0.964 bits per heavy atom. The third-order valence-corrected chi connectivity index (χ3v) is 6.33. The number of anilines is 1. The van der Waals surface area contributed by atoms with Crippen LogP contribution in [0, 0.1) is 5.82 Å². The highest BCUT2D eigenvalue weighted by Gasteiger charge is 2.29. The van der Waals surface area contributed by atoms with E-state index in [4.69, 9.17) is 23.2 Å². The number of nitrogens with zero attached hydrogens (tertiary/aromatic N) is 3. The number of aliphatic imine (C=N–C) groups is 1. The maximum Gasteiger partial charge on any atom is 0.286 e. The fraction of sp³-hybridized carbons (Fsp3) is 0.200. The predicted octanol–water partition coefficient (Wildman–Crippen LogP) is 4.93. The average molecular weight is 436 g/mol. The topological polar surface area (TPSA) is 35.9 Å². The maximum atomic E-state index is 14.0. The quantitative estimate of drug-likeness (QED) is 0.626. The number of thioether (sulfide) groups is 1. The fourth-order valence-electron chi connectivity index (χ4n) is 3.16. The molecule has 0 spiro atoms. The Morgan fingerprint density at radius 3 is 2.29 bits per heavy atom. The molecule has 0 bridgehead atoms. The van der Waals surface area contributed by atoms with Crippen LogP contribution in [0.25, 0.3) is 6.08 Å². The van der Waals surface area contributed by atoms with Gasteiger partial charge in [0.05, 0.1) is 10.6 Å². The molecule has 2 aromatic rings. The second-order valence-electron chi connectivity index (χ2n) is 6.37. The summed E-state index contributed by atoms with van der Waals surface area (Å²) in [6, 6.07) is 12.0. The summed E-state index contributed by atoms with van der Waals surface area (Å²) in [5.41, 5.74) is 1.22. The summed E-state index contributed by atoms with van der Waals surface area (Å²) in [7, 11) is 0. The number of rotatable bonds is 2. The van der Waals surface area contributed by atoms with Crippen LogP contribution < -0.4 is 4.90 Å². The summed E-state index contributed by atoms with van der Waals surface area (Å²) >= 11 is 13.7. The van der Waals surface area contributed by atoms with Gasteiger partial charge in [-0.05, 0) is 42.1 Å². The van der Waals surface area contributed by atoms with E-state index >= 15 is 0 Å². The van der Waals surface area contributed by atoms with Gasteiger partial charge >= 0.3 is 0 Å². The van der Waals surface area contributed by atoms with E-state index in [9.17, 15) is 9.18 Å². The molecule has 1 saturated heterocycles. The third-order valence-electron chi connectivity index (χ3n) is 4.63. The number of hydrogen-bond acceptors (Lipinski definition) is 4. The Kier molecular flexibility index (Phi) is 5.62. The summed E-state index contributed by atoms with van der Waals surface area (Å²) in [5, 5.41) is 1.63. The first-order valence-electron chi connectivity index (χ1n) is 8.74. The lowest BCUT2D eigenvalue weighted by Gasteiger charge is -2.36. The van der Waals surface area contributed by atoms with E-state index in [2.05, 4.69) is 9.89 Å². The van der Waals surface area contributed by atoms with Crippen LogP contribution in [0.2, 0.25) is 10.0 Å². The first-order chi connectivity index (χ1) is 13.5. The average Bonchev–Trinajstić information content (AvgIpc) is 3.06. The lowest BCUT2D eigenvalue weighted by atomic mass is 10.2. The number of benzene rings is 2. The van der Waals surface area contributed by atoms with E-state index in [0.29, 0.717) is 57.5 Å². The number of carbonyl (C=O) groups excluding carboxylic acids is 1. The standard InChI is InChI=1S/C20H16Cl2FN3OS/c21-14-4-3-5-15(22)13(14)12-18-19(27)24-20(28-18)26-10-8-25(9-11-26)17-7-2-1-6-16(17)23/h1-7,12H,8-11H2/b18-12-. The summed E-state index contributed by atoms with van der Waals surface area (Å²) < 4.78 is 14.0. The Morgan fingerprint density at radius 2 is 1.61 bits per heavy atom. The minimum Gasteiger partial charge on any atom is -0.366 e. The smallest absolute Gasteiger partial charge is 0.286 e. The highest BCUT2D eigenvalue weighted by Crippen LogP contribution is 2.34. The number of piperazine rings is 1. The zero-order chi connectivity index (χ0) is 19.7. The van der Waals surface area contributed by atoms with E-state index in [1.165, 1.54) is 17.8 Å². The summed E-state index contributed by atoms with van der Waals surface area (Å²) in [6.07, 6.45) is 1.68. The van der Waals surface area contributed by atoms with Crippen LogP contribution in [0.5, 0.6) is 0 Å². The van der Waals surface area contributed by atoms with Gasteiger partial charge in [0.15, 0.2) is 5.17 Å². The van der Waals surface area contributed by atoms with Crippen LogP contribution in [0.4, 0.5) is 10.1 Å². The highest BCUT2D eigenvalue weighted by molar-refractivity contribution is 8.18. The number of hydrogen-bond donors (Lipinski definition) is 0. The number of carbonyl (C=O) groups is 1. The van der Waals surface area contributed by atoms with Gasteiger partial charge in [-0.1, -0.05) is 41.4 Å². The fourth-order valence-corrected chi connectivity index (χ4v) is 4.61. The van der Waals surface area contributed by atoms with Crippen molar-refractivity contribution >= 4 is 57.8 Å². The molecule has 2 heterocycles. The molecule has 2 aliphatic rings. The number of halogens is 3. The van der Waals surface area contributed by atoms with E-state index in [1.54, 1.807) is 36.4 Å². The Labute approximate surface area is 176 Å². The summed E-state index contributed by atoms with van der Waals surface area (Å²) in [6.45, 7) is 2.63. The molecule has 2 aliphatic heterocycles. The van der Waals surface area contributed by atoms with Crippen molar-refractivity contribution in [3.63, 3.8) is 0 Å². The predicted molar refractivity (Wildman–Crippen MR) is 115 cm³/mol. The second-order valence-corrected chi connectivity index (χ2v) is 8.19. The molecule has 4 rings (SSSR count). The minimum absolute atomic E-state index is 0.222. The van der Waals surface area contributed by atoms with Crippen LogP contribution in [0.1, 0.15) is 5.56 Å². The molecule has 4 nitrogen and oxygen atoms in total. The Bertz CT molecular complexity index is 967. The van der Waals surface area contributed by atoms with E-state index < -0.39 is 0 Å². The summed E-state index contributed by atoms with van der Waals surface area (Å²) in [4.78, 5) is 21.1. The zero-order valence-corrected chi connectivity index (χ0v) is 17.1. The molecule has 0 atom stereocenters. The third kappa shape index (κ3) is 3.90. The van der Waals surface area contributed by atoms with Crippen LogP contribution in [0.15, 0.2) is 52.4 Å². The van der Waals surface area contributed by atoms with Crippen LogP contribution in [-0.2, 0) is 4.79 Å². The van der Waals surface area contributed by atoms with Gasteiger partial charge in [-0.2, -0.15) is 4.99 Å². The van der Waals surface area contributed by atoms with Gasteiger partial charge in [-0.25, -0.2) is 4.39 Å². The monoisotopic (exact) mass is 435 g/mol. The van der Waals surface area contributed by atoms with Gasteiger partial charge in [-0.15, -0.1) is 0 Å². The van der Waals surface area contributed by atoms with Crippen LogP contribution in [0.3, 0.4) is 0 Å². The molecule has 2 aromatic carbocycles. The first kappa shape index (κ1) is 19.3. The van der Waals surface area contributed by atoms with Crippen molar-refractivity contribution in [1.82, 2.24) is 4.90 Å². The molecule has 0 radical (unpaired) electrons. The SMILES string of the molecule is O=C1N=C(N2CCN(c3ccccc3F)CC2)S/C1=C\c1c(Cl)cccc1Cl. The van der Waals surface area contributed by atoms with E-state index in [0.717, 1.165) is 0 Å². The molecule has 28 heavy (non-hydrogen) atoms. The van der Waals surface area contributed by atoms with Gasteiger partial charge in [0.1, 0.15) is 5.82 Å². The normalized spacial score (nSPS) is 18.8. The van der Waals surface area contributed by atoms with Crippen molar-refractivity contribution in [3.8, 4) is 0 Å². The van der Waals surface area contributed by atoms with Crippen molar-refractivity contribution in [3.05, 3.63) is 68.8 Å². The first-order valence-corrected chi connectivity index (χ1v) is 10.3. The van der Waals surface area contributed by atoms with Gasteiger partial charge in [-0.3, -0.25) is 4.79 Å². The van der Waals surface area contributed by atoms with Crippen molar-refractivity contribution in [2.75, 3.05) is 31.1 Å². The second kappa shape index (κ2) is 8.15. The van der Waals surface area contributed by atoms with Gasteiger partial charge in [0, 0.05) is 41.8 Å². The molecule has 1 fully saturated rings. The Balaban J connectivity index is 1.45. The molecule has 0 aliphatic carbocycles. The van der Waals surface area contributed by atoms with Crippen molar-refractivity contribution in [1.29, 1.82) is 0 Å². The van der Waals surface area contributed by atoms with Gasteiger partial charge in [0.2, 0.25) is 0 Å². The molecule has 0 N–H and O–H groups in total. The van der Waals surface area contributed by atoms with Crippen molar-refractivity contribution < 1.29 is 9.18 Å². The van der Waals surface area contributed by atoms with Gasteiger partial charge < -0.3 is 9.80 Å². The van der Waals surface area contributed by atoms with Crippen LogP contribution in [-0.4, -0.2) is 42.2 Å². The molecule has 0 saturated carbocycles. The van der Waals surface area contributed by atoms with E-state index in [1.807, 2.05) is 11.0 Å². The van der Waals surface area contributed by atoms with Crippen LogP contribution >= 0.6 is 35.0 Å². The van der Waals surface area contributed by atoms with Gasteiger partial charge in [0.25, 0.3) is 5.91 Å².